The number of hydrogen-bond acceptors (Lipinski definition) is 2. The van der Waals surface area contributed by atoms with Crippen molar-refractivity contribution in [2.24, 2.45) is 5.92 Å². The first-order valence-corrected chi connectivity index (χ1v) is 5.60. The molecule has 0 spiro atoms. The van der Waals surface area contributed by atoms with Crippen molar-refractivity contribution in [2.75, 3.05) is 6.61 Å². The Labute approximate surface area is 93.2 Å². The zero-order valence-corrected chi connectivity index (χ0v) is 9.35. The molecule has 1 aliphatic rings. The van der Waals surface area contributed by atoms with E-state index >= 15 is 0 Å². The van der Waals surface area contributed by atoms with Crippen LogP contribution in [0.1, 0.15) is 39.0 Å². The molecule has 0 N–H and O–H groups in total. The van der Waals surface area contributed by atoms with Gasteiger partial charge in [0.15, 0.2) is 0 Å². The lowest BCUT2D eigenvalue weighted by Crippen LogP contribution is -2.32. The SMILES string of the molecule is CCOC1CC(CC(=O)CCC(F)(F)F)C1. The summed E-state index contributed by atoms with van der Waals surface area (Å²) in [6.07, 6.45) is -3.47. The van der Waals surface area contributed by atoms with Crippen molar-refractivity contribution >= 4 is 5.78 Å². The Balaban J connectivity index is 2.08. The maximum atomic E-state index is 11.8. The van der Waals surface area contributed by atoms with E-state index in [1.807, 2.05) is 6.92 Å². The molecule has 0 amide bonds. The molecule has 0 aliphatic heterocycles. The monoisotopic (exact) mass is 238 g/mol. The fourth-order valence-electron chi connectivity index (χ4n) is 1.92. The van der Waals surface area contributed by atoms with Crippen molar-refractivity contribution in [3.8, 4) is 0 Å². The highest BCUT2D eigenvalue weighted by Gasteiger charge is 2.32. The van der Waals surface area contributed by atoms with Gasteiger partial charge in [0.1, 0.15) is 5.78 Å². The Hall–Kier alpha value is -0.580. The highest BCUT2D eigenvalue weighted by molar-refractivity contribution is 5.78. The first-order chi connectivity index (χ1) is 7.40. The molecular formula is C11H17F3O2. The quantitative estimate of drug-likeness (QED) is 0.710. The van der Waals surface area contributed by atoms with Gasteiger partial charge in [-0.05, 0) is 25.7 Å². The lowest BCUT2D eigenvalue weighted by molar-refractivity contribution is -0.144. The Kier molecular flexibility index (Phi) is 4.77. The van der Waals surface area contributed by atoms with E-state index in [1.54, 1.807) is 0 Å². The van der Waals surface area contributed by atoms with E-state index in [0.717, 1.165) is 12.8 Å². The summed E-state index contributed by atoms with van der Waals surface area (Å²) >= 11 is 0. The molecule has 0 atom stereocenters. The third-order valence-corrected chi connectivity index (χ3v) is 2.80. The second kappa shape index (κ2) is 5.66. The fourth-order valence-corrected chi connectivity index (χ4v) is 1.92. The smallest absolute Gasteiger partial charge is 0.378 e. The molecule has 0 radical (unpaired) electrons. The highest BCUT2D eigenvalue weighted by Crippen LogP contribution is 2.33. The maximum absolute atomic E-state index is 11.8. The van der Waals surface area contributed by atoms with Gasteiger partial charge in [-0.3, -0.25) is 4.79 Å². The molecule has 5 heteroatoms. The first-order valence-electron chi connectivity index (χ1n) is 5.60. The van der Waals surface area contributed by atoms with Crippen LogP contribution in [-0.4, -0.2) is 24.7 Å². The predicted octanol–water partition coefficient (Wildman–Crippen LogP) is 3.10. The first kappa shape index (κ1) is 13.5. The van der Waals surface area contributed by atoms with E-state index in [2.05, 4.69) is 0 Å². The van der Waals surface area contributed by atoms with E-state index in [0.29, 0.717) is 6.61 Å². The summed E-state index contributed by atoms with van der Waals surface area (Å²) in [4.78, 5) is 11.2. The van der Waals surface area contributed by atoms with Crippen LogP contribution in [-0.2, 0) is 9.53 Å². The number of carbonyl (C=O) groups is 1. The lowest BCUT2D eigenvalue weighted by atomic mass is 9.78. The summed E-state index contributed by atoms with van der Waals surface area (Å²) in [6.45, 7) is 2.56. The molecule has 1 rings (SSSR count). The summed E-state index contributed by atoms with van der Waals surface area (Å²) in [6, 6.07) is 0. The van der Waals surface area contributed by atoms with E-state index in [1.165, 1.54) is 0 Å². The largest absolute Gasteiger partial charge is 0.389 e. The molecule has 0 bridgehead atoms. The molecule has 0 aromatic carbocycles. The minimum Gasteiger partial charge on any atom is -0.378 e. The minimum atomic E-state index is -4.22. The number of ketones is 1. The van der Waals surface area contributed by atoms with Gasteiger partial charge in [-0.25, -0.2) is 0 Å². The second-order valence-electron chi connectivity index (χ2n) is 4.27. The molecule has 0 saturated heterocycles. The molecule has 16 heavy (non-hydrogen) atoms. The average molecular weight is 238 g/mol. The van der Waals surface area contributed by atoms with Crippen LogP contribution in [0.15, 0.2) is 0 Å². The summed E-state index contributed by atoms with van der Waals surface area (Å²) in [5.41, 5.74) is 0. The van der Waals surface area contributed by atoms with Gasteiger partial charge in [-0.2, -0.15) is 13.2 Å². The van der Waals surface area contributed by atoms with Crippen molar-refractivity contribution in [3.05, 3.63) is 0 Å². The van der Waals surface area contributed by atoms with Crippen molar-refractivity contribution < 1.29 is 22.7 Å². The molecule has 1 saturated carbocycles. The zero-order valence-electron chi connectivity index (χ0n) is 9.35. The fraction of sp³-hybridized carbons (Fsp3) is 0.909. The lowest BCUT2D eigenvalue weighted by Gasteiger charge is -2.34. The molecule has 0 unspecified atom stereocenters. The summed E-state index contributed by atoms with van der Waals surface area (Å²) in [5.74, 6) is -0.0467. The minimum absolute atomic E-state index is 0.213. The highest BCUT2D eigenvalue weighted by atomic mass is 19.4. The van der Waals surface area contributed by atoms with Gasteiger partial charge < -0.3 is 4.74 Å². The van der Waals surface area contributed by atoms with E-state index in [-0.39, 0.29) is 30.6 Å². The van der Waals surface area contributed by atoms with Crippen LogP contribution in [0.3, 0.4) is 0 Å². The van der Waals surface area contributed by atoms with Crippen molar-refractivity contribution in [3.63, 3.8) is 0 Å². The number of rotatable bonds is 6. The molecule has 2 nitrogen and oxygen atoms in total. The topological polar surface area (TPSA) is 26.3 Å². The Morgan fingerprint density at radius 3 is 2.50 bits per heavy atom. The summed E-state index contributed by atoms with van der Waals surface area (Å²) in [5, 5.41) is 0. The van der Waals surface area contributed by atoms with E-state index in [4.69, 9.17) is 4.74 Å². The second-order valence-corrected chi connectivity index (χ2v) is 4.27. The van der Waals surface area contributed by atoms with Crippen molar-refractivity contribution in [1.82, 2.24) is 0 Å². The van der Waals surface area contributed by atoms with Crippen molar-refractivity contribution in [1.29, 1.82) is 0 Å². The van der Waals surface area contributed by atoms with Gasteiger partial charge in [-0.15, -0.1) is 0 Å². The third-order valence-electron chi connectivity index (χ3n) is 2.80. The number of halogens is 3. The Bertz CT molecular complexity index is 232. The van der Waals surface area contributed by atoms with Crippen LogP contribution in [0.5, 0.6) is 0 Å². The molecular weight excluding hydrogens is 221 g/mol. The molecule has 1 aliphatic carbocycles. The van der Waals surface area contributed by atoms with Crippen LogP contribution in [0.2, 0.25) is 0 Å². The van der Waals surface area contributed by atoms with Crippen LogP contribution in [0, 0.1) is 5.92 Å². The van der Waals surface area contributed by atoms with Crippen LogP contribution in [0.4, 0.5) is 13.2 Å². The Morgan fingerprint density at radius 1 is 1.38 bits per heavy atom. The number of carbonyl (C=O) groups excluding carboxylic acids is 1. The maximum Gasteiger partial charge on any atom is 0.389 e. The number of ether oxygens (including phenoxy) is 1. The number of Topliss-reactive ketones (excluding diaryl/α,β-unsaturated/α-hetero) is 1. The van der Waals surface area contributed by atoms with E-state index < -0.39 is 12.6 Å². The molecule has 0 heterocycles. The predicted molar refractivity (Wildman–Crippen MR) is 53.1 cm³/mol. The molecule has 1 fully saturated rings. The van der Waals surface area contributed by atoms with Crippen LogP contribution < -0.4 is 0 Å². The summed E-state index contributed by atoms with van der Waals surface area (Å²) < 4.78 is 40.8. The van der Waals surface area contributed by atoms with Gasteiger partial charge in [0.25, 0.3) is 0 Å². The average Bonchev–Trinajstić information content (AvgIpc) is 2.10. The van der Waals surface area contributed by atoms with Gasteiger partial charge in [0.2, 0.25) is 0 Å². The molecule has 94 valence electrons. The Morgan fingerprint density at radius 2 is 2.00 bits per heavy atom. The molecule has 0 aromatic heterocycles. The standard InChI is InChI=1S/C11H17F3O2/c1-2-16-10-6-8(7-10)5-9(15)3-4-11(12,13)14/h8,10H,2-7H2,1H3. The summed E-state index contributed by atoms with van der Waals surface area (Å²) in [7, 11) is 0. The van der Waals surface area contributed by atoms with Crippen molar-refractivity contribution in [2.45, 2.75) is 51.3 Å². The van der Waals surface area contributed by atoms with Gasteiger partial charge in [0, 0.05) is 19.4 Å². The normalized spacial score (nSPS) is 25.2. The van der Waals surface area contributed by atoms with Gasteiger partial charge >= 0.3 is 6.18 Å². The molecule has 0 aromatic rings. The number of hydrogen-bond donors (Lipinski definition) is 0. The van der Waals surface area contributed by atoms with Crippen LogP contribution in [0.25, 0.3) is 0 Å². The van der Waals surface area contributed by atoms with Gasteiger partial charge in [-0.1, -0.05) is 0 Å². The third kappa shape index (κ3) is 4.96. The van der Waals surface area contributed by atoms with E-state index in [9.17, 15) is 18.0 Å². The van der Waals surface area contributed by atoms with Crippen LogP contribution >= 0.6 is 0 Å². The zero-order chi connectivity index (χ0) is 12.2. The van der Waals surface area contributed by atoms with Gasteiger partial charge in [0.05, 0.1) is 12.5 Å². The number of alkyl halides is 3.